The molecule has 1 N–H and O–H groups in total. The molecule has 0 fully saturated rings. The van der Waals surface area contributed by atoms with Crippen molar-refractivity contribution in [3.8, 4) is 11.4 Å². The van der Waals surface area contributed by atoms with Gasteiger partial charge in [-0.3, -0.25) is 18.7 Å². The summed E-state index contributed by atoms with van der Waals surface area (Å²) in [4.78, 5) is 42.5. The van der Waals surface area contributed by atoms with Crippen LogP contribution in [0.25, 0.3) is 11.4 Å². The zero-order chi connectivity index (χ0) is 21.4. The van der Waals surface area contributed by atoms with Gasteiger partial charge in [0.05, 0.1) is 5.69 Å². The molecule has 4 rings (SSSR count). The average molecular weight is 417 g/mol. The fourth-order valence-corrected chi connectivity index (χ4v) is 3.49. The smallest absolute Gasteiger partial charge is 0.331 e. The number of amides is 1. The molecular formula is C19H17F2N5O4. The summed E-state index contributed by atoms with van der Waals surface area (Å²) in [7, 11) is 0. The van der Waals surface area contributed by atoms with Crippen LogP contribution in [0.4, 0.5) is 14.5 Å². The molecule has 1 aliphatic rings. The Kier molecular flexibility index (Phi) is 5.02. The summed E-state index contributed by atoms with van der Waals surface area (Å²) in [5.74, 6) is -2.16. The van der Waals surface area contributed by atoms with Crippen LogP contribution >= 0.6 is 0 Å². The number of hydrogen-bond donors (Lipinski definition) is 1. The van der Waals surface area contributed by atoms with Crippen LogP contribution in [0.2, 0.25) is 0 Å². The molecule has 0 aliphatic carbocycles. The molecule has 156 valence electrons. The van der Waals surface area contributed by atoms with Gasteiger partial charge >= 0.3 is 5.69 Å². The number of nitrogens with one attached hydrogen (secondary N) is 1. The first kappa shape index (κ1) is 19.7. The Morgan fingerprint density at radius 2 is 2.07 bits per heavy atom. The first-order valence-corrected chi connectivity index (χ1v) is 9.27. The summed E-state index contributed by atoms with van der Waals surface area (Å²) in [5.41, 5.74) is -1.21. The van der Waals surface area contributed by atoms with Gasteiger partial charge in [0.15, 0.2) is 0 Å². The Morgan fingerprint density at radius 3 is 2.80 bits per heavy atom. The summed E-state index contributed by atoms with van der Waals surface area (Å²) >= 11 is 0. The van der Waals surface area contributed by atoms with Crippen LogP contribution < -0.4 is 16.6 Å². The number of aromatic nitrogens is 4. The number of carbonyl (C=O) groups is 1. The van der Waals surface area contributed by atoms with E-state index < -0.39 is 35.3 Å². The lowest BCUT2D eigenvalue weighted by atomic mass is 10.0. The zero-order valence-electron chi connectivity index (χ0n) is 15.9. The minimum absolute atomic E-state index is 0.0356. The molecule has 0 atom stereocenters. The lowest BCUT2D eigenvalue weighted by Gasteiger charge is -2.21. The van der Waals surface area contributed by atoms with Crippen molar-refractivity contribution in [3.63, 3.8) is 0 Å². The molecule has 0 bridgehead atoms. The second kappa shape index (κ2) is 7.65. The first-order chi connectivity index (χ1) is 14.3. The third kappa shape index (κ3) is 3.53. The minimum Gasteiger partial charge on any atom is -0.339 e. The van der Waals surface area contributed by atoms with Crippen LogP contribution in [0, 0.1) is 18.6 Å². The highest BCUT2D eigenvalue weighted by atomic mass is 19.1. The summed E-state index contributed by atoms with van der Waals surface area (Å²) in [5, 5.41) is 5.97. The van der Waals surface area contributed by atoms with E-state index in [2.05, 4.69) is 15.5 Å². The molecule has 11 heteroatoms. The molecule has 0 radical (unpaired) electrons. The Bertz CT molecular complexity index is 1260. The zero-order valence-corrected chi connectivity index (χ0v) is 15.9. The number of halogens is 2. The van der Waals surface area contributed by atoms with Gasteiger partial charge in [-0.05, 0) is 31.4 Å². The Hall–Kier alpha value is -3.63. The maximum atomic E-state index is 13.8. The van der Waals surface area contributed by atoms with Crippen molar-refractivity contribution in [3.05, 3.63) is 62.3 Å². The maximum Gasteiger partial charge on any atom is 0.331 e. The van der Waals surface area contributed by atoms with Gasteiger partial charge in [0.1, 0.15) is 23.7 Å². The summed E-state index contributed by atoms with van der Waals surface area (Å²) in [6.07, 6.45) is 2.00. The molecule has 0 saturated carbocycles. The van der Waals surface area contributed by atoms with Crippen molar-refractivity contribution in [1.29, 1.82) is 0 Å². The van der Waals surface area contributed by atoms with E-state index in [0.29, 0.717) is 18.7 Å². The van der Waals surface area contributed by atoms with Gasteiger partial charge < -0.3 is 9.84 Å². The fraction of sp³-hybridized carbons (Fsp3) is 0.316. The van der Waals surface area contributed by atoms with Crippen LogP contribution in [0.5, 0.6) is 0 Å². The molecule has 0 unspecified atom stereocenters. The summed E-state index contributed by atoms with van der Waals surface area (Å²) < 4.78 is 34.3. The Balaban J connectivity index is 1.76. The van der Waals surface area contributed by atoms with Crippen LogP contribution in [0.1, 0.15) is 24.4 Å². The van der Waals surface area contributed by atoms with Crippen molar-refractivity contribution in [1.82, 2.24) is 19.3 Å². The van der Waals surface area contributed by atoms with Crippen molar-refractivity contribution in [2.45, 2.75) is 39.3 Å². The quantitative estimate of drug-likeness (QED) is 0.691. The van der Waals surface area contributed by atoms with Gasteiger partial charge in [0.25, 0.3) is 5.56 Å². The van der Waals surface area contributed by atoms with Crippen LogP contribution in [-0.2, 0) is 24.3 Å². The molecular weight excluding hydrogens is 400 g/mol. The number of nitrogens with zero attached hydrogens (tertiary/aromatic N) is 4. The van der Waals surface area contributed by atoms with Gasteiger partial charge in [0, 0.05) is 25.2 Å². The molecule has 1 aromatic carbocycles. The second-order valence-electron chi connectivity index (χ2n) is 6.91. The van der Waals surface area contributed by atoms with E-state index in [9.17, 15) is 23.2 Å². The topological polar surface area (TPSA) is 112 Å². The highest BCUT2D eigenvalue weighted by Gasteiger charge is 2.26. The largest absolute Gasteiger partial charge is 0.339 e. The van der Waals surface area contributed by atoms with Crippen molar-refractivity contribution < 1.29 is 18.1 Å². The number of hydrogen-bond acceptors (Lipinski definition) is 6. The molecule has 1 amide bonds. The molecule has 3 heterocycles. The third-order valence-electron chi connectivity index (χ3n) is 4.84. The third-order valence-corrected chi connectivity index (χ3v) is 4.84. The number of benzene rings is 1. The lowest BCUT2D eigenvalue weighted by Crippen LogP contribution is -2.45. The summed E-state index contributed by atoms with van der Waals surface area (Å²) in [6.45, 7) is 1.26. The number of anilines is 1. The van der Waals surface area contributed by atoms with Crippen molar-refractivity contribution in [2.24, 2.45) is 0 Å². The van der Waals surface area contributed by atoms with Crippen LogP contribution in [0.15, 0.2) is 32.3 Å². The molecule has 30 heavy (non-hydrogen) atoms. The molecule has 2 aromatic heterocycles. The molecule has 0 spiro atoms. The lowest BCUT2D eigenvalue weighted by molar-refractivity contribution is -0.116. The molecule has 1 aliphatic heterocycles. The van der Waals surface area contributed by atoms with Crippen molar-refractivity contribution >= 4 is 11.6 Å². The maximum absolute atomic E-state index is 13.8. The van der Waals surface area contributed by atoms with Gasteiger partial charge in [-0.2, -0.15) is 4.98 Å². The number of aryl methyl sites for hydroxylation is 1. The highest BCUT2D eigenvalue weighted by molar-refractivity contribution is 5.90. The Morgan fingerprint density at radius 1 is 1.27 bits per heavy atom. The molecule has 0 saturated heterocycles. The monoisotopic (exact) mass is 417 g/mol. The van der Waals surface area contributed by atoms with E-state index in [0.717, 1.165) is 35.6 Å². The van der Waals surface area contributed by atoms with Gasteiger partial charge in [-0.15, -0.1) is 0 Å². The normalized spacial score (nSPS) is 13.2. The summed E-state index contributed by atoms with van der Waals surface area (Å²) in [6, 6.07) is 2.58. The SMILES string of the molecule is Cc1nc(-c2c3n(c(=O)n(CC(=O)Nc4cc(F)ccc4F)c2=O)CCCC3)no1. The standard InChI is InChI=1S/C19H17F2N5O4/c1-10-22-17(24-30-10)16-14-4-2-3-7-25(14)19(29)26(18(16)28)9-15(27)23-13-8-11(20)5-6-12(13)21/h5-6,8H,2-4,7,9H2,1H3,(H,23,27). The van der Waals surface area contributed by atoms with E-state index in [1.807, 2.05) is 0 Å². The van der Waals surface area contributed by atoms with E-state index in [4.69, 9.17) is 4.52 Å². The van der Waals surface area contributed by atoms with Crippen LogP contribution in [-0.4, -0.2) is 25.2 Å². The van der Waals surface area contributed by atoms with Gasteiger partial charge in [-0.25, -0.2) is 13.6 Å². The predicted octanol–water partition coefficient (Wildman–Crippen LogP) is 1.62. The van der Waals surface area contributed by atoms with E-state index in [1.165, 1.54) is 4.57 Å². The minimum atomic E-state index is -0.856. The van der Waals surface area contributed by atoms with Crippen LogP contribution in [0.3, 0.4) is 0 Å². The predicted molar refractivity (Wildman–Crippen MR) is 101 cm³/mol. The van der Waals surface area contributed by atoms with Gasteiger partial charge in [-0.1, -0.05) is 5.16 Å². The highest BCUT2D eigenvalue weighted by Crippen LogP contribution is 2.21. The second-order valence-corrected chi connectivity index (χ2v) is 6.91. The van der Waals surface area contributed by atoms with Crippen molar-refractivity contribution in [2.75, 3.05) is 5.32 Å². The number of rotatable bonds is 4. The van der Waals surface area contributed by atoms with E-state index in [-0.39, 0.29) is 23.0 Å². The first-order valence-electron chi connectivity index (χ1n) is 9.27. The Labute approximate surface area is 168 Å². The van der Waals surface area contributed by atoms with E-state index in [1.54, 1.807) is 6.92 Å². The van der Waals surface area contributed by atoms with E-state index >= 15 is 0 Å². The molecule has 3 aromatic rings. The number of carbonyl (C=O) groups excluding carboxylic acids is 1. The van der Waals surface area contributed by atoms with Gasteiger partial charge in [0.2, 0.25) is 17.6 Å². The molecule has 9 nitrogen and oxygen atoms in total. The number of fused-ring (bicyclic) bond motifs is 1. The fourth-order valence-electron chi connectivity index (χ4n) is 3.49. The average Bonchev–Trinajstić information content (AvgIpc) is 3.14.